The second-order valence-electron chi connectivity index (χ2n) is 4.46. The van der Waals surface area contributed by atoms with Gasteiger partial charge < -0.3 is 9.47 Å². The second kappa shape index (κ2) is 4.00. The molecule has 1 saturated heterocycles. The predicted molar refractivity (Wildman–Crippen MR) is 62.3 cm³/mol. The van der Waals surface area contributed by atoms with Crippen LogP contribution in [0, 0.1) is 0 Å². The number of esters is 1. The number of rotatable bonds is 1. The Kier molecular flexibility index (Phi) is 2.48. The van der Waals surface area contributed by atoms with E-state index >= 15 is 0 Å². The maximum absolute atomic E-state index is 11.4. The van der Waals surface area contributed by atoms with Crippen molar-refractivity contribution in [1.82, 2.24) is 0 Å². The van der Waals surface area contributed by atoms with E-state index < -0.39 is 5.60 Å². The molecule has 1 aromatic carbocycles. The van der Waals surface area contributed by atoms with Crippen LogP contribution in [0.4, 0.5) is 0 Å². The van der Waals surface area contributed by atoms with Gasteiger partial charge in [0.15, 0.2) is 5.60 Å². The van der Waals surface area contributed by atoms with Crippen molar-refractivity contribution in [3.05, 3.63) is 48.0 Å². The van der Waals surface area contributed by atoms with Crippen LogP contribution >= 0.6 is 0 Å². The first-order chi connectivity index (χ1) is 8.30. The van der Waals surface area contributed by atoms with Crippen molar-refractivity contribution in [2.24, 2.45) is 0 Å². The minimum absolute atomic E-state index is 0.138. The summed E-state index contributed by atoms with van der Waals surface area (Å²) < 4.78 is 11.3. The molecule has 0 aromatic heterocycles. The summed E-state index contributed by atoms with van der Waals surface area (Å²) in [5, 5.41) is 0. The van der Waals surface area contributed by atoms with Gasteiger partial charge in [-0.1, -0.05) is 36.4 Å². The minimum atomic E-state index is -0.587. The van der Waals surface area contributed by atoms with Gasteiger partial charge in [-0.05, 0) is 11.6 Å². The summed E-state index contributed by atoms with van der Waals surface area (Å²) in [6.45, 7) is 0.568. The third-order valence-corrected chi connectivity index (χ3v) is 3.33. The first-order valence-corrected chi connectivity index (χ1v) is 5.86. The Bertz CT molecular complexity index is 452. The van der Waals surface area contributed by atoms with E-state index in [-0.39, 0.29) is 12.1 Å². The highest BCUT2D eigenvalue weighted by atomic mass is 16.6. The topological polar surface area (TPSA) is 35.5 Å². The third kappa shape index (κ3) is 1.76. The maximum atomic E-state index is 11.4. The van der Waals surface area contributed by atoms with Gasteiger partial charge in [0.2, 0.25) is 0 Å². The van der Waals surface area contributed by atoms with E-state index in [2.05, 4.69) is 0 Å². The Morgan fingerprint density at radius 2 is 2.06 bits per heavy atom. The molecule has 0 unspecified atom stereocenters. The van der Waals surface area contributed by atoms with Crippen molar-refractivity contribution in [3.8, 4) is 0 Å². The summed E-state index contributed by atoms with van der Waals surface area (Å²) in [5.41, 5.74) is 0.475. The molecule has 0 radical (unpaired) electrons. The molecule has 3 heteroatoms. The average Bonchev–Trinajstić information content (AvgIpc) is 2.73. The highest BCUT2D eigenvalue weighted by Gasteiger charge is 2.47. The van der Waals surface area contributed by atoms with Gasteiger partial charge in [-0.25, -0.2) is 0 Å². The van der Waals surface area contributed by atoms with Crippen molar-refractivity contribution >= 4 is 5.97 Å². The Morgan fingerprint density at radius 1 is 1.24 bits per heavy atom. The smallest absolute Gasteiger partial charge is 0.306 e. The van der Waals surface area contributed by atoms with Crippen molar-refractivity contribution in [2.45, 2.75) is 24.5 Å². The monoisotopic (exact) mass is 230 g/mol. The molecule has 2 heterocycles. The molecule has 2 aliphatic rings. The Labute approximate surface area is 100 Å². The van der Waals surface area contributed by atoms with E-state index in [1.807, 2.05) is 42.5 Å². The largest absolute Gasteiger partial charge is 0.452 e. The SMILES string of the molecule is O=C1CC[C@@]2(C=CCO[C@H]2c2ccccc2)O1. The lowest BCUT2D eigenvalue weighted by Gasteiger charge is -2.36. The molecule has 0 saturated carbocycles. The molecule has 2 atom stereocenters. The van der Waals surface area contributed by atoms with E-state index in [0.717, 1.165) is 5.56 Å². The van der Waals surface area contributed by atoms with E-state index in [1.165, 1.54) is 0 Å². The number of ether oxygens (including phenoxy) is 2. The van der Waals surface area contributed by atoms with Gasteiger partial charge >= 0.3 is 5.97 Å². The lowest BCUT2D eigenvalue weighted by molar-refractivity contribution is -0.157. The molecule has 1 fully saturated rings. The number of hydrogen-bond acceptors (Lipinski definition) is 3. The summed E-state index contributed by atoms with van der Waals surface area (Å²) in [5.74, 6) is -0.138. The fourth-order valence-electron chi connectivity index (χ4n) is 2.55. The molecule has 2 aliphatic heterocycles. The van der Waals surface area contributed by atoms with Gasteiger partial charge in [0, 0.05) is 12.8 Å². The van der Waals surface area contributed by atoms with Crippen LogP contribution in [0.15, 0.2) is 42.5 Å². The van der Waals surface area contributed by atoms with Crippen molar-refractivity contribution in [3.63, 3.8) is 0 Å². The normalized spacial score (nSPS) is 31.8. The van der Waals surface area contributed by atoms with Gasteiger partial charge in [-0.3, -0.25) is 4.79 Å². The molecule has 0 amide bonds. The molecule has 0 N–H and O–H groups in total. The maximum Gasteiger partial charge on any atom is 0.306 e. The van der Waals surface area contributed by atoms with Crippen molar-refractivity contribution in [2.75, 3.05) is 6.61 Å². The molecule has 1 aromatic rings. The Hall–Kier alpha value is -1.61. The van der Waals surface area contributed by atoms with Crippen LogP contribution in [0.5, 0.6) is 0 Å². The molecule has 3 rings (SSSR count). The van der Waals surface area contributed by atoms with Gasteiger partial charge in [0.1, 0.15) is 6.10 Å². The van der Waals surface area contributed by atoms with Crippen molar-refractivity contribution in [1.29, 1.82) is 0 Å². The molecular weight excluding hydrogens is 216 g/mol. The van der Waals surface area contributed by atoms with Gasteiger partial charge in [-0.15, -0.1) is 0 Å². The number of carbonyl (C=O) groups excluding carboxylic acids is 1. The molecule has 1 spiro atoms. The van der Waals surface area contributed by atoms with Crippen LogP contribution < -0.4 is 0 Å². The molecule has 88 valence electrons. The summed E-state index contributed by atoms with van der Waals surface area (Å²) >= 11 is 0. The lowest BCUT2D eigenvalue weighted by Crippen LogP contribution is -2.38. The zero-order valence-electron chi connectivity index (χ0n) is 9.46. The van der Waals surface area contributed by atoms with Crippen LogP contribution in [0.25, 0.3) is 0 Å². The van der Waals surface area contributed by atoms with Crippen LogP contribution in [0.3, 0.4) is 0 Å². The van der Waals surface area contributed by atoms with Crippen LogP contribution in [-0.2, 0) is 14.3 Å². The fourth-order valence-corrected chi connectivity index (χ4v) is 2.55. The van der Waals surface area contributed by atoms with Crippen LogP contribution in [-0.4, -0.2) is 18.2 Å². The lowest BCUT2D eigenvalue weighted by atomic mass is 9.86. The van der Waals surface area contributed by atoms with E-state index in [0.29, 0.717) is 19.4 Å². The zero-order valence-corrected chi connectivity index (χ0v) is 9.46. The predicted octanol–water partition coefficient (Wildman–Crippen LogP) is 2.39. The minimum Gasteiger partial charge on any atom is -0.452 e. The van der Waals surface area contributed by atoms with E-state index in [9.17, 15) is 4.79 Å². The average molecular weight is 230 g/mol. The summed E-state index contributed by atoms with van der Waals surface area (Å²) in [6, 6.07) is 9.94. The fraction of sp³-hybridized carbons (Fsp3) is 0.357. The van der Waals surface area contributed by atoms with Gasteiger partial charge in [0.25, 0.3) is 0 Å². The highest BCUT2D eigenvalue weighted by molar-refractivity contribution is 5.73. The molecule has 0 aliphatic carbocycles. The summed E-state index contributed by atoms with van der Waals surface area (Å²) in [4.78, 5) is 11.4. The number of benzene rings is 1. The van der Waals surface area contributed by atoms with Gasteiger partial charge in [-0.2, -0.15) is 0 Å². The number of carbonyl (C=O) groups is 1. The molecular formula is C14H14O3. The highest BCUT2D eigenvalue weighted by Crippen LogP contribution is 2.43. The Balaban J connectivity index is 1.98. The van der Waals surface area contributed by atoms with E-state index in [1.54, 1.807) is 0 Å². The van der Waals surface area contributed by atoms with Crippen molar-refractivity contribution < 1.29 is 14.3 Å². The quantitative estimate of drug-likeness (QED) is 0.549. The zero-order chi connectivity index (χ0) is 11.7. The second-order valence-corrected chi connectivity index (χ2v) is 4.46. The molecule has 3 nitrogen and oxygen atoms in total. The Morgan fingerprint density at radius 3 is 2.76 bits per heavy atom. The van der Waals surface area contributed by atoms with E-state index in [4.69, 9.17) is 9.47 Å². The first-order valence-electron chi connectivity index (χ1n) is 5.86. The summed E-state index contributed by atoms with van der Waals surface area (Å²) in [6.07, 6.45) is 4.90. The summed E-state index contributed by atoms with van der Waals surface area (Å²) in [7, 11) is 0. The molecule has 0 bridgehead atoms. The molecule has 17 heavy (non-hydrogen) atoms. The standard InChI is InChI=1S/C14H14O3/c15-12-7-9-14(17-12)8-4-10-16-13(14)11-5-2-1-3-6-11/h1-6,8,13H,7,9-10H2/t13-,14+/m0/s1. The van der Waals surface area contributed by atoms with Gasteiger partial charge in [0.05, 0.1) is 6.61 Å². The van der Waals surface area contributed by atoms with Crippen LogP contribution in [0.1, 0.15) is 24.5 Å². The van der Waals surface area contributed by atoms with Crippen LogP contribution in [0.2, 0.25) is 0 Å². The third-order valence-electron chi connectivity index (χ3n) is 3.33. The number of hydrogen-bond donors (Lipinski definition) is 0. The first kappa shape index (κ1) is 10.5.